The number of fused-ring (bicyclic) bond motifs is 2. The fourth-order valence-corrected chi connectivity index (χ4v) is 9.67. The number of nitrogens with one attached hydrogen (secondary N) is 1. The minimum absolute atomic E-state index is 0.0337. The number of benzene rings is 2. The van der Waals surface area contributed by atoms with Gasteiger partial charge in [0.05, 0.1) is 24.3 Å². The molecule has 11 heteroatoms. The van der Waals surface area contributed by atoms with Crippen molar-refractivity contribution in [1.82, 2.24) is 19.8 Å². The quantitative estimate of drug-likeness (QED) is 0.129. The van der Waals surface area contributed by atoms with Crippen LogP contribution >= 0.6 is 11.6 Å². The number of nitrogens with zero attached hydrogens (tertiary/aromatic N) is 4. The predicted octanol–water partition coefficient (Wildman–Crippen LogP) is 5.77. The summed E-state index contributed by atoms with van der Waals surface area (Å²) in [6.45, 7) is 5.67. The maximum absolute atomic E-state index is 12.6. The number of amides is 1. The fourth-order valence-electron chi connectivity index (χ4n) is 9.56. The van der Waals surface area contributed by atoms with E-state index in [0.717, 1.165) is 58.3 Å². The molecule has 4 aromatic rings. The average molecular weight is 764 g/mol. The average Bonchev–Trinajstić information content (AvgIpc) is 3.86. The van der Waals surface area contributed by atoms with E-state index < -0.39 is 11.2 Å². The Balaban J connectivity index is 0.000000170. The summed E-state index contributed by atoms with van der Waals surface area (Å²) in [5, 5.41) is 25.1. The van der Waals surface area contributed by atoms with Gasteiger partial charge >= 0.3 is 0 Å². The second-order valence-corrected chi connectivity index (χ2v) is 16.7. The first-order valence-corrected chi connectivity index (χ1v) is 19.7. The standard InChI is InChI=1S/C23H27N3O3.C21H23ClN2O2/c1-16(27)25-22-8-7-18(12-24-22)21(28)15-26-13-19-10-23(29,11-20(19)14-26)9-17-5-3-2-4-6-17;22-20-7-6-16(11-23-20)19(25)14-24-12-17-9-21(26,10-18(17)13-24)8-15-4-2-1-3-5-15/h2-8,12,19-20,29H,9-11,13-15H2,1H3,(H,24,25,27);1-7,11,17-18,26H,8-10,12-14H2/t19-,20+,23?;17-,18+,21?. The van der Waals surface area contributed by atoms with Gasteiger partial charge in [-0.25, -0.2) is 9.97 Å². The van der Waals surface area contributed by atoms with Crippen molar-refractivity contribution in [1.29, 1.82) is 0 Å². The van der Waals surface area contributed by atoms with Gasteiger partial charge in [0, 0.05) is 69.5 Å². The SMILES string of the molecule is CC(=O)Nc1ccc(C(=O)CN2C[C@@H]3CC(O)(Cc4ccccc4)C[C@@H]3C2)cn1.O=C(CN1C[C@@H]2CC(O)(Cc3ccccc3)C[C@@H]2C1)c1ccc(Cl)nc1. The number of hydrogen-bond donors (Lipinski definition) is 3. The molecule has 2 unspecified atom stereocenters. The van der Waals surface area contributed by atoms with Gasteiger partial charge in [0.2, 0.25) is 5.91 Å². The number of aliphatic hydroxyl groups is 2. The Bertz CT molecular complexity index is 1920. The van der Waals surface area contributed by atoms with Crippen molar-refractivity contribution in [3.63, 3.8) is 0 Å². The number of aromatic nitrogens is 2. The highest BCUT2D eigenvalue weighted by Crippen LogP contribution is 2.46. The Hall–Kier alpha value is -4.32. The van der Waals surface area contributed by atoms with Crippen LogP contribution in [0, 0.1) is 23.7 Å². The van der Waals surface area contributed by atoms with Crippen LogP contribution in [0.2, 0.25) is 5.15 Å². The van der Waals surface area contributed by atoms with Gasteiger partial charge in [0.25, 0.3) is 0 Å². The number of pyridine rings is 2. The Morgan fingerprint density at radius 3 is 1.44 bits per heavy atom. The number of hydrogen-bond acceptors (Lipinski definition) is 9. The molecule has 2 saturated heterocycles. The van der Waals surface area contributed by atoms with Crippen molar-refractivity contribution in [3.8, 4) is 0 Å². The van der Waals surface area contributed by atoms with Gasteiger partial charge in [-0.15, -0.1) is 0 Å². The molecule has 55 heavy (non-hydrogen) atoms. The molecule has 6 atom stereocenters. The highest BCUT2D eigenvalue weighted by molar-refractivity contribution is 6.29. The van der Waals surface area contributed by atoms with Gasteiger partial charge in [-0.3, -0.25) is 24.2 Å². The third-order valence-electron chi connectivity index (χ3n) is 11.8. The highest BCUT2D eigenvalue weighted by Gasteiger charge is 2.49. The summed E-state index contributed by atoms with van der Waals surface area (Å²) >= 11 is 5.78. The lowest BCUT2D eigenvalue weighted by Crippen LogP contribution is -2.34. The molecule has 2 saturated carbocycles. The number of rotatable bonds is 11. The van der Waals surface area contributed by atoms with Gasteiger partial charge in [0.1, 0.15) is 11.0 Å². The lowest BCUT2D eigenvalue weighted by Gasteiger charge is -2.26. The van der Waals surface area contributed by atoms with Crippen LogP contribution in [-0.2, 0) is 17.6 Å². The molecule has 3 N–H and O–H groups in total. The third-order valence-corrected chi connectivity index (χ3v) is 12.0. The Morgan fingerprint density at radius 2 is 1.07 bits per heavy atom. The number of carbonyl (C=O) groups excluding carboxylic acids is 3. The largest absolute Gasteiger partial charge is 0.390 e. The molecule has 10 nitrogen and oxygen atoms in total. The molecular formula is C44H50ClN5O5. The topological polar surface area (TPSA) is 136 Å². The van der Waals surface area contributed by atoms with Crippen molar-refractivity contribution in [2.24, 2.45) is 23.7 Å². The summed E-state index contributed by atoms with van der Waals surface area (Å²) in [6.07, 6.45) is 7.71. The van der Waals surface area contributed by atoms with Crippen LogP contribution in [0.15, 0.2) is 97.3 Å². The number of carbonyl (C=O) groups is 3. The zero-order valence-corrected chi connectivity index (χ0v) is 32.1. The summed E-state index contributed by atoms with van der Waals surface area (Å²) in [4.78, 5) is 48.6. The Kier molecular flexibility index (Phi) is 11.9. The molecule has 2 aliphatic heterocycles. The summed E-state index contributed by atoms with van der Waals surface area (Å²) in [6, 6.07) is 27.1. The second-order valence-electron chi connectivity index (χ2n) is 16.3. The first-order chi connectivity index (χ1) is 26.4. The molecule has 2 aromatic heterocycles. The minimum atomic E-state index is -0.629. The van der Waals surface area contributed by atoms with Gasteiger partial charge in [-0.05, 0) is 84.7 Å². The number of Topliss-reactive ketones (excluding diaryl/α,β-unsaturated/α-hetero) is 2. The third kappa shape index (κ3) is 10.1. The zero-order chi connectivity index (χ0) is 38.6. The van der Waals surface area contributed by atoms with E-state index in [0.29, 0.717) is 65.3 Å². The molecule has 4 aliphatic rings. The van der Waals surface area contributed by atoms with Crippen LogP contribution in [0.25, 0.3) is 0 Å². The second kappa shape index (κ2) is 16.8. The van der Waals surface area contributed by atoms with E-state index in [9.17, 15) is 24.6 Å². The van der Waals surface area contributed by atoms with Crippen molar-refractivity contribution >= 4 is 34.9 Å². The van der Waals surface area contributed by atoms with E-state index in [1.807, 2.05) is 36.4 Å². The molecule has 288 valence electrons. The minimum Gasteiger partial charge on any atom is -0.390 e. The fraction of sp³-hybridized carbons (Fsp3) is 0.432. The number of halogens is 1. The van der Waals surface area contributed by atoms with Crippen LogP contribution in [-0.4, -0.2) is 97.9 Å². The predicted molar refractivity (Wildman–Crippen MR) is 212 cm³/mol. The molecule has 0 radical (unpaired) electrons. The van der Waals surface area contributed by atoms with Crippen molar-refractivity contribution in [2.75, 3.05) is 44.6 Å². The van der Waals surface area contributed by atoms with Crippen LogP contribution in [0.1, 0.15) is 64.4 Å². The van der Waals surface area contributed by atoms with Crippen molar-refractivity contribution in [3.05, 3.63) is 125 Å². The van der Waals surface area contributed by atoms with E-state index >= 15 is 0 Å². The first-order valence-electron chi connectivity index (χ1n) is 19.3. The van der Waals surface area contributed by atoms with Gasteiger partial charge in [-0.1, -0.05) is 72.3 Å². The van der Waals surface area contributed by atoms with Crippen LogP contribution in [0.5, 0.6) is 0 Å². The molecular weight excluding hydrogens is 714 g/mol. The maximum atomic E-state index is 12.6. The Labute approximate surface area is 327 Å². The van der Waals surface area contributed by atoms with Crippen LogP contribution < -0.4 is 5.32 Å². The molecule has 4 fully saturated rings. The lowest BCUT2D eigenvalue weighted by molar-refractivity contribution is -0.114. The highest BCUT2D eigenvalue weighted by atomic mass is 35.5. The van der Waals surface area contributed by atoms with E-state index in [-0.39, 0.29) is 17.5 Å². The normalized spacial score (nSPS) is 27.2. The molecule has 2 aromatic carbocycles. The monoisotopic (exact) mass is 763 g/mol. The maximum Gasteiger partial charge on any atom is 0.222 e. The van der Waals surface area contributed by atoms with Gasteiger partial charge < -0.3 is 15.5 Å². The molecule has 0 bridgehead atoms. The summed E-state index contributed by atoms with van der Waals surface area (Å²) in [5.41, 5.74) is 2.29. The molecule has 4 heterocycles. The number of anilines is 1. The van der Waals surface area contributed by atoms with Crippen molar-refractivity contribution in [2.45, 2.75) is 56.7 Å². The molecule has 0 spiro atoms. The Morgan fingerprint density at radius 1 is 0.655 bits per heavy atom. The molecule has 2 aliphatic carbocycles. The lowest BCUT2D eigenvalue weighted by atomic mass is 9.91. The summed E-state index contributed by atoms with van der Waals surface area (Å²) in [5.74, 6) is 2.20. The van der Waals surface area contributed by atoms with E-state index in [1.165, 1.54) is 24.2 Å². The number of likely N-dealkylation sites (tertiary alicyclic amines) is 2. The summed E-state index contributed by atoms with van der Waals surface area (Å²) < 4.78 is 0. The summed E-state index contributed by atoms with van der Waals surface area (Å²) in [7, 11) is 0. The van der Waals surface area contributed by atoms with Gasteiger partial charge in [-0.2, -0.15) is 0 Å². The van der Waals surface area contributed by atoms with Gasteiger partial charge in [0.15, 0.2) is 11.6 Å². The van der Waals surface area contributed by atoms with E-state index in [2.05, 4.69) is 49.4 Å². The molecule has 1 amide bonds. The number of ketones is 2. The smallest absolute Gasteiger partial charge is 0.222 e. The first kappa shape index (κ1) is 38.9. The van der Waals surface area contributed by atoms with Crippen molar-refractivity contribution < 1.29 is 24.6 Å². The van der Waals surface area contributed by atoms with E-state index in [4.69, 9.17) is 11.6 Å². The van der Waals surface area contributed by atoms with E-state index in [1.54, 1.807) is 30.5 Å². The van der Waals surface area contributed by atoms with Crippen LogP contribution in [0.4, 0.5) is 5.82 Å². The van der Waals surface area contributed by atoms with Crippen LogP contribution in [0.3, 0.4) is 0 Å². The molecule has 8 rings (SSSR count). The zero-order valence-electron chi connectivity index (χ0n) is 31.3.